The average molecular weight is 327 g/mol. The monoisotopic (exact) mass is 327 g/mol. The molecule has 1 aliphatic carbocycles. The lowest BCUT2D eigenvalue weighted by atomic mass is 9.82. The van der Waals surface area contributed by atoms with E-state index in [1.807, 2.05) is 6.07 Å². The number of hydrogen-bond acceptors (Lipinski definition) is 3. The van der Waals surface area contributed by atoms with Crippen LogP contribution in [0.5, 0.6) is 0 Å². The lowest BCUT2D eigenvalue weighted by Crippen LogP contribution is -2.49. The Kier molecular flexibility index (Phi) is 4.04. The highest BCUT2D eigenvalue weighted by molar-refractivity contribution is 6.07. The quantitative estimate of drug-likeness (QED) is 0.868. The van der Waals surface area contributed by atoms with E-state index in [2.05, 4.69) is 34.5 Å². The number of nitrogens with zero attached hydrogens (tertiary/aromatic N) is 2. The summed E-state index contributed by atoms with van der Waals surface area (Å²) in [4.78, 5) is 29.1. The molecule has 0 unspecified atom stereocenters. The second-order valence-corrected chi connectivity index (χ2v) is 7.33. The molecule has 24 heavy (non-hydrogen) atoms. The lowest BCUT2D eigenvalue weighted by molar-refractivity contribution is -0.134. The summed E-state index contributed by atoms with van der Waals surface area (Å²) < 4.78 is 0. The SMILES string of the molecule is O=C1NC2(CCCCC2)C(=O)N1CN1CCC[C@H]1c1ccccc1. The van der Waals surface area contributed by atoms with E-state index >= 15 is 0 Å². The molecule has 1 aromatic carbocycles. The molecular formula is C19H25N3O2. The van der Waals surface area contributed by atoms with E-state index in [1.54, 1.807) is 0 Å². The van der Waals surface area contributed by atoms with E-state index in [0.29, 0.717) is 12.7 Å². The van der Waals surface area contributed by atoms with Crippen molar-refractivity contribution in [1.82, 2.24) is 15.1 Å². The Morgan fingerprint density at radius 1 is 1.04 bits per heavy atom. The van der Waals surface area contributed by atoms with Gasteiger partial charge in [0.25, 0.3) is 5.91 Å². The molecule has 2 heterocycles. The minimum atomic E-state index is -0.614. The van der Waals surface area contributed by atoms with Gasteiger partial charge in [-0.1, -0.05) is 49.6 Å². The number of urea groups is 1. The van der Waals surface area contributed by atoms with Gasteiger partial charge < -0.3 is 5.32 Å². The number of rotatable bonds is 3. The average Bonchev–Trinajstić information content (AvgIpc) is 3.16. The van der Waals surface area contributed by atoms with E-state index in [0.717, 1.165) is 51.5 Å². The minimum absolute atomic E-state index is 0.00842. The fraction of sp³-hybridized carbons (Fsp3) is 0.579. The van der Waals surface area contributed by atoms with Crippen molar-refractivity contribution in [2.45, 2.75) is 56.5 Å². The van der Waals surface area contributed by atoms with E-state index in [-0.39, 0.29) is 11.9 Å². The smallest absolute Gasteiger partial charge is 0.323 e. The van der Waals surface area contributed by atoms with Gasteiger partial charge in [0.15, 0.2) is 0 Å². The molecule has 1 N–H and O–H groups in total. The molecule has 4 rings (SSSR count). The van der Waals surface area contributed by atoms with Gasteiger partial charge in [-0.2, -0.15) is 0 Å². The van der Waals surface area contributed by atoms with Crippen molar-refractivity contribution in [2.75, 3.05) is 13.2 Å². The highest BCUT2D eigenvalue weighted by Crippen LogP contribution is 2.36. The summed E-state index contributed by atoms with van der Waals surface area (Å²) >= 11 is 0. The Bertz CT molecular complexity index is 625. The first-order valence-electron chi connectivity index (χ1n) is 9.13. The predicted molar refractivity (Wildman–Crippen MR) is 91.2 cm³/mol. The Hall–Kier alpha value is -1.88. The highest BCUT2D eigenvalue weighted by atomic mass is 16.2. The van der Waals surface area contributed by atoms with Gasteiger partial charge in [0.1, 0.15) is 5.54 Å². The topological polar surface area (TPSA) is 52.7 Å². The van der Waals surface area contributed by atoms with Gasteiger partial charge in [-0.3, -0.25) is 9.69 Å². The molecule has 1 atom stereocenters. The molecule has 5 nitrogen and oxygen atoms in total. The molecule has 3 amide bonds. The maximum atomic E-state index is 12.9. The summed E-state index contributed by atoms with van der Waals surface area (Å²) in [6.07, 6.45) is 6.97. The third kappa shape index (κ3) is 2.61. The molecule has 1 saturated carbocycles. The standard InChI is InChI=1S/C19H25N3O2/c23-17-19(11-5-2-6-12-19)20-18(24)22(17)14-21-13-7-10-16(21)15-8-3-1-4-9-15/h1,3-4,8-9,16H,2,5-7,10-14H2,(H,20,24)/t16-/m0/s1. The Balaban J connectivity index is 1.50. The van der Waals surface area contributed by atoms with Crippen LogP contribution >= 0.6 is 0 Å². The van der Waals surface area contributed by atoms with E-state index in [1.165, 1.54) is 10.5 Å². The first-order valence-corrected chi connectivity index (χ1v) is 9.13. The summed E-state index contributed by atoms with van der Waals surface area (Å²) in [6.45, 7) is 1.34. The van der Waals surface area contributed by atoms with Crippen molar-refractivity contribution < 1.29 is 9.59 Å². The van der Waals surface area contributed by atoms with E-state index < -0.39 is 5.54 Å². The molecule has 0 radical (unpaired) electrons. The lowest BCUT2D eigenvalue weighted by Gasteiger charge is -2.32. The van der Waals surface area contributed by atoms with Crippen molar-refractivity contribution in [1.29, 1.82) is 0 Å². The largest absolute Gasteiger partial charge is 0.326 e. The van der Waals surface area contributed by atoms with Crippen molar-refractivity contribution in [3.63, 3.8) is 0 Å². The summed E-state index contributed by atoms with van der Waals surface area (Å²) in [6, 6.07) is 10.5. The maximum absolute atomic E-state index is 12.9. The van der Waals surface area contributed by atoms with Crippen molar-refractivity contribution in [2.24, 2.45) is 0 Å². The van der Waals surface area contributed by atoms with Crippen molar-refractivity contribution in [3.05, 3.63) is 35.9 Å². The van der Waals surface area contributed by atoms with Gasteiger partial charge in [-0.15, -0.1) is 0 Å². The van der Waals surface area contributed by atoms with Crippen LogP contribution in [0.15, 0.2) is 30.3 Å². The van der Waals surface area contributed by atoms with E-state index in [9.17, 15) is 9.59 Å². The van der Waals surface area contributed by atoms with Crippen LogP contribution in [0.3, 0.4) is 0 Å². The summed E-state index contributed by atoms with van der Waals surface area (Å²) in [7, 11) is 0. The zero-order valence-corrected chi connectivity index (χ0v) is 14.0. The van der Waals surface area contributed by atoms with E-state index in [4.69, 9.17) is 0 Å². The molecule has 0 aromatic heterocycles. The molecule has 1 aromatic rings. The molecule has 1 spiro atoms. The molecule has 5 heteroatoms. The van der Waals surface area contributed by atoms with Crippen LogP contribution in [-0.4, -0.2) is 40.5 Å². The van der Waals surface area contributed by atoms with Gasteiger partial charge in [0, 0.05) is 12.6 Å². The number of benzene rings is 1. The minimum Gasteiger partial charge on any atom is -0.323 e. The molecule has 3 aliphatic rings. The molecule has 2 aliphatic heterocycles. The number of imide groups is 1. The van der Waals surface area contributed by atoms with Crippen molar-refractivity contribution >= 4 is 11.9 Å². The predicted octanol–water partition coefficient (Wildman–Crippen LogP) is 3.04. The van der Waals surface area contributed by atoms with Crippen LogP contribution < -0.4 is 5.32 Å². The fourth-order valence-electron chi connectivity index (χ4n) is 4.53. The summed E-state index contributed by atoms with van der Waals surface area (Å²) in [5, 5.41) is 3.01. The number of carbonyl (C=O) groups is 2. The Labute approximate surface area is 143 Å². The maximum Gasteiger partial charge on any atom is 0.326 e. The number of nitrogens with one attached hydrogen (secondary N) is 1. The van der Waals surface area contributed by atoms with Gasteiger partial charge in [0.2, 0.25) is 0 Å². The Morgan fingerprint density at radius 3 is 2.54 bits per heavy atom. The number of likely N-dealkylation sites (tertiary alicyclic amines) is 1. The van der Waals surface area contributed by atoms with Crippen LogP contribution in [0.4, 0.5) is 4.79 Å². The highest BCUT2D eigenvalue weighted by Gasteiger charge is 2.51. The third-order valence-electron chi connectivity index (χ3n) is 5.82. The fourth-order valence-corrected chi connectivity index (χ4v) is 4.53. The van der Waals surface area contributed by atoms with Crippen LogP contribution in [0.1, 0.15) is 56.6 Å². The number of amides is 3. The molecule has 3 fully saturated rings. The number of hydrogen-bond donors (Lipinski definition) is 1. The summed E-state index contributed by atoms with van der Waals surface area (Å²) in [5.41, 5.74) is 0.659. The third-order valence-corrected chi connectivity index (χ3v) is 5.82. The zero-order chi connectivity index (χ0) is 16.6. The molecule has 0 bridgehead atoms. The zero-order valence-electron chi connectivity index (χ0n) is 14.0. The van der Waals surface area contributed by atoms with Crippen LogP contribution in [0.25, 0.3) is 0 Å². The van der Waals surface area contributed by atoms with Gasteiger partial charge >= 0.3 is 6.03 Å². The van der Waals surface area contributed by atoms with Gasteiger partial charge in [-0.25, -0.2) is 9.69 Å². The first kappa shape index (κ1) is 15.6. The van der Waals surface area contributed by atoms with Crippen LogP contribution in [-0.2, 0) is 4.79 Å². The van der Waals surface area contributed by atoms with Crippen LogP contribution in [0.2, 0.25) is 0 Å². The van der Waals surface area contributed by atoms with Gasteiger partial charge in [0.05, 0.1) is 6.67 Å². The number of carbonyl (C=O) groups excluding carboxylic acids is 2. The first-order chi connectivity index (χ1) is 11.7. The van der Waals surface area contributed by atoms with Gasteiger partial charge in [-0.05, 0) is 31.2 Å². The molecule has 128 valence electrons. The Morgan fingerprint density at radius 2 is 1.79 bits per heavy atom. The second-order valence-electron chi connectivity index (χ2n) is 7.33. The molecule has 2 saturated heterocycles. The van der Waals surface area contributed by atoms with Crippen LogP contribution in [0, 0.1) is 0 Å². The second kappa shape index (κ2) is 6.20. The molecular weight excluding hydrogens is 302 g/mol. The van der Waals surface area contributed by atoms with Crippen molar-refractivity contribution in [3.8, 4) is 0 Å². The summed E-state index contributed by atoms with van der Waals surface area (Å²) in [5.74, 6) is -0.00842. The normalized spacial score (nSPS) is 27.0.